The summed E-state index contributed by atoms with van der Waals surface area (Å²) in [6.07, 6.45) is 0. The topological polar surface area (TPSA) is 64.3 Å². The van der Waals surface area contributed by atoms with E-state index < -0.39 is 11.8 Å². The average Bonchev–Trinajstić information content (AvgIpc) is 2.43. The van der Waals surface area contributed by atoms with Crippen LogP contribution in [0.25, 0.3) is 0 Å². The number of carbonyl (C=O) groups excluding carboxylic acids is 1. The van der Waals surface area contributed by atoms with E-state index in [0.29, 0.717) is 21.5 Å². The van der Waals surface area contributed by atoms with Crippen LogP contribution < -0.4 is 11.1 Å². The lowest BCUT2D eigenvalue weighted by Gasteiger charge is -2.10. The lowest BCUT2D eigenvalue weighted by molar-refractivity contribution is 0.0602. The van der Waals surface area contributed by atoms with Crippen LogP contribution in [0, 0.1) is 5.82 Å². The Balaban J connectivity index is 2.32. The van der Waals surface area contributed by atoms with E-state index in [1.165, 1.54) is 19.2 Å². The van der Waals surface area contributed by atoms with E-state index in [1.807, 2.05) is 0 Å². The summed E-state index contributed by atoms with van der Waals surface area (Å²) >= 11 is 3.19. The van der Waals surface area contributed by atoms with Gasteiger partial charge >= 0.3 is 5.97 Å². The van der Waals surface area contributed by atoms with Crippen molar-refractivity contribution in [3.63, 3.8) is 0 Å². The van der Waals surface area contributed by atoms with Gasteiger partial charge in [-0.1, -0.05) is 15.9 Å². The first-order valence-corrected chi connectivity index (χ1v) is 6.50. The van der Waals surface area contributed by atoms with E-state index in [0.717, 1.165) is 0 Å². The minimum Gasteiger partial charge on any atom is -0.465 e. The molecule has 0 aliphatic heterocycles. The molecule has 2 rings (SSSR count). The van der Waals surface area contributed by atoms with Gasteiger partial charge in [-0.3, -0.25) is 0 Å². The number of nitrogens with one attached hydrogen (secondary N) is 1. The van der Waals surface area contributed by atoms with Crippen LogP contribution in [0.4, 0.5) is 21.5 Å². The van der Waals surface area contributed by atoms with Crippen molar-refractivity contribution in [2.75, 3.05) is 18.2 Å². The Morgan fingerprint density at radius 2 is 2.05 bits per heavy atom. The molecule has 0 radical (unpaired) electrons. The normalized spacial score (nSPS) is 10.2. The maximum Gasteiger partial charge on any atom is 0.340 e. The van der Waals surface area contributed by atoms with Gasteiger partial charge in [-0.25, -0.2) is 9.18 Å². The summed E-state index contributed by atoms with van der Waals surface area (Å²) < 4.78 is 19.0. The first kappa shape index (κ1) is 14.3. The third kappa shape index (κ3) is 3.08. The number of nitrogen functional groups attached to an aromatic ring is 1. The molecule has 20 heavy (non-hydrogen) atoms. The highest BCUT2D eigenvalue weighted by atomic mass is 79.9. The van der Waals surface area contributed by atoms with Crippen molar-refractivity contribution in [3.05, 3.63) is 52.3 Å². The van der Waals surface area contributed by atoms with E-state index in [1.54, 1.807) is 24.3 Å². The van der Waals surface area contributed by atoms with Crippen LogP contribution in [0.3, 0.4) is 0 Å². The molecular formula is C14H12BrFN2O2. The van der Waals surface area contributed by atoms with Gasteiger partial charge in [-0.05, 0) is 36.4 Å². The summed E-state index contributed by atoms with van der Waals surface area (Å²) in [5.41, 5.74) is 7.08. The summed E-state index contributed by atoms with van der Waals surface area (Å²) in [6, 6.07) is 9.38. The van der Waals surface area contributed by atoms with E-state index in [2.05, 4.69) is 26.0 Å². The quantitative estimate of drug-likeness (QED) is 0.661. The van der Waals surface area contributed by atoms with Crippen molar-refractivity contribution in [1.29, 1.82) is 0 Å². The number of nitrogens with two attached hydrogens (primary N) is 1. The zero-order chi connectivity index (χ0) is 14.7. The van der Waals surface area contributed by atoms with Crippen LogP contribution in [-0.2, 0) is 4.74 Å². The minimum atomic E-state index is -0.539. The molecule has 104 valence electrons. The summed E-state index contributed by atoms with van der Waals surface area (Å²) in [7, 11) is 1.27. The number of rotatable bonds is 3. The number of hydrogen-bond acceptors (Lipinski definition) is 4. The van der Waals surface area contributed by atoms with Gasteiger partial charge in [0.1, 0.15) is 5.82 Å². The number of anilines is 3. The third-order valence-electron chi connectivity index (χ3n) is 2.67. The Kier molecular flexibility index (Phi) is 4.24. The fraction of sp³-hybridized carbons (Fsp3) is 0.0714. The largest absolute Gasteiger partial charge is 0.465 e. The molecule has 6 heteroatoms. The molecule has 0 atom stereocenters. The van der Waals surface area contributed by atoms with Gasteiger partial charge in [0.05, 0.1) is 18.4 Å². The van der Waals surface area contributed by atoms with Crippen molar-refractivity contribution in [2.24, 2.45) is 0 Å². The summed E-state index contributed by atoms with van der Waals surface area (Å²) in [5.74, 6) is -0.946. The first-order valence-electron chi connectivity index (χ1n) is 5.71. The van der Waals surface area contributed by atoms with Crippen LogP contribution >= 0.6 is 15.9 Å². The van der Waals surface area contributed by atoms with E-state index >= 15 is 0 Å². The van der Waals surface area contributed by atoms with Gasteiger partial charge in [0, 0.05) is 15.8 Å². The Hall–Kier alpha value is -2.08. The molecule has 0 saturated carbocycles. The lowest BCUT2D eigenvalue weighted by atomic mass is 10.1. The van der Waals surface area contributed by atoms with Gasteiger partial charge in [-0.2, -0.15) is 0 Å². The molecule has 0 heterocycles. The molecule has 0 unspecified atom stereocenters. The van der Waals surface area contributed by atoms with Crippen molar-refractivity contribution < 1.29 is 13.9 Å². The molecule has 0 bridgehead atoms. The lowest BCUT2D eigenvalue weighted by Crippen LogP contribution is -2.06. The number of carbonyl (C=O) groups is 1. The monoisotopic (exact) mass is 338 g/mol. The van der Waals surface area contributed by atoms with E-state index in [9.17, 15) is 9.18 Å². The average molecular weight is 339 g/mol. The van der Waals surface area contributed by atoms with Crippen molar-refractivity contribution >= 4 is 39.0 Å². The van der Waals surface area contributed by atoms with Gasteiger partial charge < -0.3 is 15.8 Å². The molecule has 0 aromatic heterocycles. The van der Waals surface area contributed by atoms with Gasteiger partial charge in [0.2, 0.25) is 0 Å². The molecule has 2 aromatic rings. The van der Waals surface area contributed by atoms with Crippen LogP contribution in [0.15, 0.2) is 40.9 Å². The Morgan fingerprint density at radius 1 is 1.30 bits per heavy atom. The zero-order valence-corrected chi connectivity index (χ0v) is 12.2. The van der Waals surface area contributed by atoms with E-state index in [4.69, 9.17) is 5.73 Å². The fourth-order valence-corrected chi connectivity index (χ4v) is 2.00. The summed E-state index contributed by atoms with van der Waals surface area (Å²) in [6.45, 7) is 0. The highest BCUT2D eigenvalue weighted by Crippen LogP contribution is 2.25. The highest BCUT2D eigenvalue weighted by Gasteiger charge is 2.11. The number of hydrogen-bond donors (Lipinski definition) is 2. The second kappa shape index (κ2) is 5.92. The molecule has 0 aliphatic rings. The highest BCUT2D eigenvalue weighted by molar-refractivity contribution is 9.10. The second-order valence-corrected chi connectivity index (χ2v) is 4.96. The summed E-state index contributed by atoms with van der Waals surface area (Å²) in [4.78, 5) is 11.5. The zero-order valence-electron chi connectivity index (χ0n) is 10.6. The smallest absolute Gasteiger partial charge is 0.340 e. The fourth-order valence-electron chi connectivity index (χ4n) is 1.67. The molecule has 3 N–H and O–H groups in total. The molecule has 0 amide bonds. The minimum absolute atomic E-state index is 0.231. The molecule has 0 fully saturated rings. The second-order valence-electron chi connectivity index (χ2n) is 4.04. The standard InChI is InChI=1S/C14H12BrFN2O2/c1-20-14(19)10-7-9(3-4-12(10)17)18-13-5-2-8(15)6-11(13)16/h2-7,18H,17H2,1H3. The Labute approximate surface area is 123 Å². The van der Waals surface area contributed by atoms with Crippen molar-refractivity contribution in [3.8, 4) is 0 Å². The van der Waals surface area contributed by atoms with Crippen LogP contribution in [0.5, 0.6) is 0 Å². The predicted octanol–water partition coefficient (Wildman–Crippen LogP) is 3.70. The number of ether oxygens (including phenoxy) is 1. The maximum absolute atomic E-state index is 13.7. The SMILES string of the molecule is COC(=O)c1cc(Nc2ccc(Br)cc2F)ccc1N. The third-order valence-corrected chi connectivity index (χ3v) is 3.16. The molecule has 4 nitrogen and oxygen atoms in total. The van der Waals surface area contributed by atoms with Gasteiger partial charge in [-0.15, -0.1) is 0 Å². The van der Waals surface area contributed by atoms with Crippen molar-refractivity contribution in [1.82, 2.24) is 0 Å². The molecule has 0 spiro atoms. The Bertz CT molecular complexity index is 662. The van der Waals surface area contributed by atoms with E-state index in [-0.39, 0.29) is 5.56 Å². The number of methoxy groups -OCH3 is 1. The molecule has 0 saturated heterocycles. The molecule has 2 aromatic carbocycles. The van der Waals surface area contributed by atoms with Crippen LogP contribution in [0.1, 0.15) is 10.4 Å². The number of benzene rings is 2. The van der Waals surface area contributed by atoms with Gasteiger partial charge in [0.15, 0.2) is 0 Å². The van der Waals surface area contributed by atoms with Gasteiger partial charge in [0.25, 0.3) is 0 Å². The predicted molar refractivity (Wildman–Crippen MR) is 79.6 cm³/mol. The number of halogens is 2. The molecular weight excluding hydrogens is 327 g/mol. The molecule has 0 aliphatic carbocycles. The van der Waals surface area contributed by atoms with Crippen molar-refractivity contribution in [2.45, 2.75) is 0 Å². The van der Waals surface area contributed by atoms with Crippen LogP contribution in [-0.4, -0.2) is 13.1 Å². The number of esters is 1. The first-order chi connectivity index (χ1) is 9.51. The van der Waals surface area contributed by atoms with Crippen LogP contribution in [0.2, 0.25) is 0 Å². The maximum atomic E-state index is 13.7. The summed E-state index contributed by atoms with van der Waals surface area (Å²) in [5, 5.41) is 2.89. The Morgan fingerprint density at radius 3 is 2.70 bits per heavy atom.